The van der Waals surface area contributed by atoms with Crippen LogP contribution >= 0.6 is 23.7 Å². The van der Waals surface area contributed by atoms with Gasteiger partial charge in [0, 0.05) is 32.2 Å². The number of nitrogens with one attached hydrogen (secondary N) is 1. The van der Waals surface area contributed by atoms with Crippen LogP contribution in [0.5, 0.6) is 0 Å². The Kier molecular flexibility index (Phi) is 22.8. The first kappa shape index (κ1) is 38.2. The van der Waals surface area contributed by atoms with Crippen LogP contribution in [-0.4, -0.2) is 91.3 Å². The number of amides is 1. The summed E-state index contributed by atoms with van der Waals surface area (Å²) in [4.78, 5) is 26.6. The van der Waals surface area contributed by atoms with Gasteiger partial charge in [-0.05, 0) is 75.5 Å². The van der Waals surface area contributed by atoms with Gasteiger partial charge in [-0.3, -0.25) is 14.4 Å². The number of rotatable bonds is 13. The highest BCUT2D eigenvalue weighted by molar-refractivity contribution is 8.12. The van der Waals surface area contributed by atoms with Crippen LogP contribution in [0.3, 0.4) is 0 Å². The summed E-state index contributed by atoms with van der Waals surface area (Å²) in [5.41, 5.74) is 0. The van der Waals surface area contributed by atoms with Gasteiger partial charge in [0.2, 0.25) is 18.5 Å². The second-order valence-corrected chi connectivity index (χ2v) is 10.8. The third-order valence-electron chi connectivity index (χ3n) is 6.32. The minimum Gasteiger partial charge on any atom is -0.493 e. The van der Waals surface area contributed by atoms with E-state index in [2.05, 4.69) is 48.3 Å². The van der Waals surface area contributed by atoms with Crippen LogP contribution in [0.2, 0.25) is 0 Å². The van der Waals surface area contributed by atoms with Gasteiger partial charge in [0.05, 0.1) is 13.7 Å². The van der Waals surface area contributed by atoms with Crippen molar-refractivity contribution in [3.05, 3.63) is 35.5 Å². The summed E-state index contributed by atoms with van der Waals surface area (Å²) >= 11 is 2.45. The highest BCUT2D eigenvalue weighted by Gasteiger charge is 2.30. The number of ether oxygens (including phenoxy) is 3. The van der Waals surface area contributed by atoms with Crippen LogP contribution in [0.1, 0.15) is 66.7 Å². The Hall–Kier alpha value is -1.82. The molecular weight excluding hydrogens is 550 g/mol. The molecule has 0 saturated carbocycles. The molecular formula is C29H53N3O6S2. The van der Waals surface area contributed by atoms with E-state index in [1.165, 1.54) is 6.26 Å². The molecule has 0 aromatic rings. The SMILES string of the molecule is C/C=C1/OCO/C1=C(/C=C/C1CC(C)N(CC(=O)N(CCCC)CCCC)C1)OC.CCNSC.CSC(=O)O. The first-order valence-corrected chi connectivity index (χ1v) is 16.6. The second kappa shape index (κ2) is 23.8. The first-order valence-electron chi connectivity index (χ1n) is 14.2. The number of methoxy groups -OCH3 is 1. The molecule has 2 saturated heterocycles. The standard InChI is InChI=1S/C24H40N2O4.C3H9NS.C2H4O2S/c1-6-9-13-25(14-10-7-2)23(27)17-26-16-20(15-19(26)4)11-12-22(28-5)24-21(8-3)29-18-30-24;1-3-4-5-2;1-5-2(3)4/h8,11-12,19-20H,6-7,9-10,13-18H2,1-5H3;4H,3H2,1-2H3;1H3,(H,3,4)/b12-11+,21-8+,24-22-;;. The zero-order valence-electron chi connectivity index (χ0n) is 25.9. The molecule has 0 bridgehead atoms. The molecule has 2 unspecified atom stereocenters. The van der Waals surface area contributed by atoms with Gasteiger partial charge in [-0.2, -0.15) is 0 Å². The van der Waals surface area contributed by atoms with Crippen LogP contribution in [0.15, 0.2) is 35.5 Å². The number of unbranched alkanes of at least 4 members (excludes halogenated alkanes) is 2. The molecule has 0 aromatic carbocycles. The summed E-state index contributed by atoms with van der Waals surface area (Å²) in [6.45, 7) is 15.0. The Labute approximate surface area is 251 Å². The van der Waals surface area contributed by atoms with E-state index in [0.717, 1.165) is 70.0 Å². The topological polar surface area (TPSA) is 101 Å². The average Bonchev–Trinajstić information content (AvgIpc) is 3.56. The van der Waals surface area contributed by atoms with Gasteiger partial charge in [-0.25, -0.2) is 4.79 Å². The number of carboxylic acid groups (broad SMARTS) is 1. The molecule has 2 N–H and O–H groups in total. The molecule has 2 fully saturated rings. The lowest BCUT2D eigenvalue weighted by Crippen LogP contribution is -2.42. The largest absolute Gasteiger partial charge is 0.493 e. The number of carbonyl (C=O) groups excluding carboxylic acids is 1. The molecule has 2 rings (SSSR count). The van der Waals surface area contributed by atoms with Crippen molar-refractivity contribution in [2.24, 2.45) is 5.92 Å². The third-order valence-corrected chi connectivity index (χ3v) is 7.25. The Bertz CT molecular complexity index is 797. The second-order valence-electron chi connectivity index (χ2n) is 9.35. The lowest BCUT2D eigenvalue weighted by molar-refractivity contribution is -0.132. The van der Waals surface area contributed by atoms with E-state index in [9.17, 15) is 9.59 Å². The molecule has 0 aromatic heterocycles. The van der Waals surface area contributed by atoms with Crippen molar-refractivity contribution in [2.75, 3.05) is 59.1 Å². The number of likely N-dealkylation sites (tertiary alicyclic amines) is 1. The maximum atomic E-state index is 12.9. The zero-order chi connectivity index (χ0) is 30.3. The maximum absolute atomic E-state index is 12.9. The molecule has 1 amide bonds. The van der Waals surface area contributed by atoms with Gasteiger partial charge in [-0.15, -0.1) is 0 Å². The van der Waals surface area contributed by atoms with E-state index in [1.54, 1.807) is 19.1 Å². The lowest BCUT2D eigenvalue weighted by Gasteiger charge is -2.27. The molecule has 2 atom stereocenters. The van der Waals surface area contributed by atoms with E-state index in [4.69, 9.17) is 19.3 Å². The number of hydrogen-bond donors (Lipinski definition) is 2. The summed E-state index contributed by atoms with van der Waals surface area (Å²) in [5, 5.41) is 6.86. The van der Waals surface area contributed by atoms with Crippen molar-refractivity contribution in [3.63, 3.8) is 0 Å². The smallest absolute Gasteiger partial charge is 0.364 e. The zero-order valence-corrected chi connectivity index (χ0v) is 27.5. The van der Waals surface area contributed by atoms with Crippen molar-refractivity contribution in [1.29, 1.82) is 0 Å². The fourth-order valence-electron chi connectivity index (χ4n) is 4.14. The Morgan fingerprint density at radius 3 is 2.25 bits per heavy atom. The summed E-state index contributed by atoms with van der Waals surface area (Å²) in [6, 6.07) is 0.388. The minimum atomic E-state index is -0.829. The van der Waals surface area contributed by atoms with Gasteiger partial charge in [-0.1, -0.05) is 51.6 Å². The summed E-state index contributed by atoms with van der Waals surface area (Å²) in [6.07, 6.45) is 15.0. The quantitative estimate of drug-likeness (QED) is 0.183. The van der Waals surface area contributed by atoms with E-state index in [-0.39, 0.29) is 12.7 Å². The first-order chi connectivity index (χ1) is 19.2. The lowest BCUT2D eigenvalue weighted by atomic mass is 10.1. The molecule has 0 radical (unpaired) electrons. The monoisotopic (exact) mass is 603 g/mol. The highest BCUT2D eigenvalue weighted by atomic mass is 32.2. The molecule has 2 aliphatic rings. The predicted octanol–water partition coefficient (Wildman–Crippen LogP) is 6.35. The van der Waals surface area contributed by atoms with Crippen LogP contribution in [-0.2, 0) is 19.0 Å². The van der Waals surface area contributed by atoms with E-state index >= 15 is 0 Å². The Morgan fingerprint density at radius 2 is 1.80 bits per heavy atom. The molecule has 2 heterocycles. The number of carbonyl (C=O) groups is 2. The molecule has 11 heteroatoms. The summed E-state index contributed by atoms with van der Waals surface area (Å²) < 4.78 is 19.6. The summed E-state index contributed by atoms with van der Waals surface area (Å²) in [5.74, 6) is 2.68. The van der Waals surface area contributed by atoms with Crippen molar-refractivity contribution in [3.8, 4) is 0 Å². The molecule has 9 nitrogen and oxygen atoms in total. The molecule has 2 aliphatic heterocycles. The van der Waals surface area contributed by atoms with Crippen LogP contribution < -0.4 is 4.72 Å². The van der Waals surface area contributed by atoms with Crippen LogP contribution in [0, 0.1) is 5.92 Å². The highest BCUT2D eigenvalue weighted by Crippen LogP contribution is 2.28. The third kappa shape index (κ3) is 15.8. The van der Waals surface area contributed by atoms with E-state index in [0.29, 0.717) is 35.8 Å². The van der Waals surface area contributed by atoms with Gasteiger partial charge < -0.3 is 24.2 Å². The van der Waals surface area contributed by atoms with Gasteiger partial charge in [0.25, 0.3) is 0 Å². The van der Waals surface area contributed by atoms with E-state index in [1.807, 2.05) is 25.3 Å². The van der Waals surface area contributed by atoms with Crippen molar-refractivity contribution >= 4 is 34.9 Å². The van der Waals surface area contributed by atoms with Gasteiger partial charge in [0.1, 0.15) is 0 Å². The normalized spacial score (nSPS) is 20.6. The molecule has 232 valence electrons. The molecule has 0 aliphatic carbocycles. The Morgan fingerprint density at radius 1 is 1.18 bits per heavy atom. The van der Waals surface area contributed by atoms with Crippen molar-refractivity contribution in [2.45, 2.75) is 72.8 Å². The maximum Gasteiger partial charge on any atom is 0.364 e. The number of thioether (sulfide) groups is 1. The van der Waals surface area contributed by atoms with Crippen molar-refractivity contribution in [1.82, 2.24) is 14.5 Å². The Balaban J connectivity index is 0.00000130. The number of allylic oxidation sites excluding steroid dienone is 2. The number of hydrogen-bond acceptors (Lipinski definition) is 9. The molecule has 40 heavy (non-hydrogen) atoms. The van der Waals surface area contributed by atoms with Gasteiger partial charge >= 0.3 is 5.30 Å². The fraction of sp³-hybridized carbons (Fsp3) is 0.724. The molecule has 0 spiro atoms. The van der Waals surface area contributed by atoms with Crippen LogP contribution in [0.4, 0.5) is 4.79 Å². The average molecular weight is 604 g/mol. The summed E-state index contributed by atoms with van der Waals surface area (Å²) in [7, 11) is 1.64. The van der Waals surface area contributed by atoms with Crippen LogP contribution in [0.25, 0.3) is 0 Å². The predicted molar refractivity (Wildman–Crippen MR) is 168 cm³/mol. The minimum absolute atomic E-state index is 0.221. The van der Waals surface area contributed by atoms with Crippen molar-refractivity contribution < 1.29 is 28.9 Å². The van der Waals surface area contributed by atoms with Gasteiger partial charge in [0.15, 0.2) is 11.5 Å². The van der Waals surface area contributed by atoms with E-state index < -0.39 is 5.30 Å². The number of nitrogens with zero attached hydrogens (tertiary/aromatic N) is 2. The fourth-order valence-corrected chi connectivity index (χ4v) is 4.42.